The Morgan fingerprint density at radius 2 is 1.90 bits per heavy atom. The minimum absolute atomic E-state index is 0.0683. The molecule has 0 radical (unpaired) electrons. The second-order valence-electron chi connectivity index (χ2n) is 4.64. The van der Waals surface area contributed by atoms with Gasteiger partial charge >= 0.3 is 12.1 Å². The summed E-state index contributed by atoms with van der Waals surface area (Å²) in [5.41, 5.74) is 0.746. The maximum atomic E-state index is 13.0. The van der Waals surface area contributed by atoms with Crippen LogP contribution >= 0.6 is 0 Å². The topological polar surface area (TPSA) is 44.1 Å². The first-order valence-corrected chi connectivity index (χ1v) is 6.10. The predicted molar refractivity (Wildman–Crippen MR) is 68.6 cm³/mol. The lowest BCUT2D eigenvalue weighted by Gasteiger charge is -2.19. The van der Waals surface area contributed by atoms with Gasteiger partial charge in [-0.2, -0.15) is 18.3 Å². The van der Waals surface area contributed by atoms with E-state index in [2.05, 4.69) is 9.84 Å². The molecule has 0 unspecified atom stereocenters. The van der Waals surface area contributed by atoms with Crippen LogP contribution in [0.2, 0.25) is 0 Å². The maximum Gasteiger partial charge on any atom is 0.429 e. The van der Waals surface area contributed by atoms with Crippen molar-refractivity contribution in [3.8, 4) is 0 Å². The van der Waals surface area contributed by atoms with Crippen LogP contribution in [0.3, 0.4) is 0 Å². The van der Waals surface area contributed by atoms with Crippen molar-refractivity contribution in [1.82, 2.24) is 9.78 Å². The van der Waals surface area contributed by atoms with E-state index >= 15 is 0 Å². The third kappa shape index (κ3) is 3.62. The van der Waals surface area contributed by atoms with Crippen molar-refractivity contribution >= 4 is 5.97 Å². The Kier molecular flexibility index (Phi) is 4.02. The van der Waals surface area contributed by atoms with E-state index in [1.54, 1.807) is 12.1 Å². The second-order valence-corrected chi connectivity index (χ2v) is 4.64. The van der Waals surface area contributed by atoms with Crippen LogP contribution < -0.4 is 0 Å². The monoisotopic (exact) mass is 298 g/mol. The van der Waals surface area contributed by atoms with Crippen LogP contribution in [-0.2, 0) is 11.8 Å². The van der Waals surface area contributed by atoms with E-state index in [0.29, 0.717) is 0 Å². The Balaban J connectivity index is 2.23. The number of carbonyl (C=O) groups excluding carboxylic acids is 1. The highest BCUT2D eigenvalue weighted by Gasteiger charge is 2.45. The average Bonchev–Trinajstić information content (AvgIpc) is 2.81. The molecule has 21 heavy (non-hydrogen) atoms. The molecule has 0 fully saturated rings. The number of aryl methyl sites for hydroxylation is 2. The number of esters is 1. The summed E-state index contributed by atoms with van der Waals surface area (Å²) in [7, 11) is 1.48. The fourth-order valence-electron chi connectivity index (χ4n) is 1.76. The molecule has 7 heteroatoms. The molecule has 4 nitrogen and oxygen atoms in total. The first-order chi connectivity index (χ1) is 9.77. The zero-order valence-electron chi connectivity index (χ0n) is 11.4. The number of aromatic nitrogens is 2. The highest BCUT2D eigenvalue weighted by molar-refractivity contribution is 5.89. The van der Waals surface area contributed by atoms with E-state index in [9.17, 15) is 18.0 Å². The van der Waals surface area contributed by atoms with Gasteiger partial charge in [0.25, 0.3) is 0 Å². The number of nitrogens with zero attached hydrogens (tertiary/aromatic N) is 2. The van der Waals surface area contributed by atoms with E-state index in [1.165, 1.54) is 30.1 Å². The molecule has 0 aliphatic heterocycles. The zero-order valence-corrected chi connectivity index (χ0v) is 11.4. The molecule has 2 rings (SSSR count). The molecule has 1 aromatic heterocycles. The second kappa shape index (κ2) is 5.59. The van der Waals surface area contributed by atoms with Crippen molar-refractivity contribution < 1.29 is 22.7 Å². The molecule has 0 saturated carbocycles. The zero-order chi connectivity index (χ0) is 15.6. The predicted octanol–water partition coefficient (Wildman–Crippen LogP) is 3.19. The molecular weight excluding hydrogens is 285 g/mol. The van der Waals surface area contributed by atoms with Gasteiger partial charge in [0.15, 0.2) is 0 Å². The maximum absolute atomic E-state index is 13.0. The number of ether oxygens (including phenoxy) is 1. The van der Waals surface area contributed by atoms with E-state index in [4.69, 9.17) is 0 Å². The molecule has 0 N–H and O–H groups in total. The summed E-state index contributed by atoms with van der Waals surface area (Å²) in [5.74, 6) is -1.03. The van der Waals surface area contributed by atoms with Gasteiger partial charge in [0, 0.05) is 18.8 Å². The minimum atomic E-state index is -4.70. The average molecular weight is 298 g/mol. The van der Waals surface area contributed by atoms with Crippen molar-refractivity contribution in [1.29, 1.82) is 0 Å². The van der Waals surface area contributed by atoms with Crippen LogP contribution in [-0.4, -0.2) is 21.9 Å². The van der Waals surface area contributed by atoms with Crippen LogP contribution in [0.25, 0.3) is 0 Å². The third-order valence-electron chi connectivity index (χ3n) is 2.84. The van der Waals surface area contributed by atoms with Gasteiger partial charge < -0.3 is 4.74 Å². The summed E-state index contributed by atoms with van der Waals surface area (Å²) in [6.45, 7) is 1.81. The molecule has 112 valence electrons. The molecule has 1 aromatic carbocycles. The molecular formula is C14H13F3N2O2. The highest BCUT2D eigenvalue weighted by Crippen LogP contribution is 2.36. The first kappa shape index (κ1) is 15.1. The summed E-state index contributed by atoms with van der Waals surface area (Å²) in [5, 5.41) is 3.67. The number of rotatable bonds is 3. The quantitative estimate of drug-likeness (QED) is 0.817. The van der Waals surface area contributed by atoms with E-state index in [-0.39, 0.29) is 11.1 Å². The highest BCUT2D eigenvalue weighted by atomic mass is 19.4. The van der Waals surface area contributed by atoms with Gasteiger partial charge in [0.1, 0.15) is 0 Å². The van der Waals surface area contributed by atoms with Gasteiger partial charge in [0.2, 0.25) is 6.10 Å². The van der Waals surface area contributed by atoms with E-state index < -0.39 is 18.2 Å². The Morgan fingerprint density at radius 3 is 2.38 bits per heavy atom. The van der Waals surface area contributed by atoms with Crippen molar-refractivity contribution in [3.63, 3.8) is 0 Å². The molecule has 0 aliphatic carbocycles. The van der Waals surface area contributed by atoms with Crippen LogP contribution in [0.5, 0.6) is 0 Å². The fraction of sp³-hybridized carbons (Fsp3) is 0.286. The van der Waals surface area contributed by atoms with Crippen LogP contribution in [0.1, 0.15) is 27.6 Å². The van der Waals surface area contributed by atoms with Gasteiger partial charge in [-0.05, 0) is 19.1 Å². The summed E-state index contributed by atoms with van der Waals surface area (Å²) in [6, 6.07) is 6.11. The van der Waals surface area contributed by atoms with Crippen molar-refractivity contribution in [2.24, 2.45) is 7.05 Å². The molecule has 0 saturated heterocycles. The number of carbonyl (C=O) groups is 1. The standard InChI is InChI=1S/C14H13F3N2O2/c1-9-3-5-10(6-4-9)13(20)21-12(14(15,16)17)11-7-18-19(2)8-11/h3-8,12H,1-2H3/t12-/m1/s1. The number of alkyl halides is 3. The first-order valence-electron chi connectivity index (χ1n) is 6.10. The Hall–Kier alpha value is -2.31. The molecule has 1 heterocycles. The SMILES string of the molecule is Cc1ccc(C(=O)O[C@H](c2cnn(C)c2)C(F)(F)F)cc1. The van der Waals surface area contributed by atoms with E-state index in [0.717, 1.165) is 11.8 Å². The molecule has 0 aliphatic rings. The Bertz CT molecular complexity index is 632. The molecule has 2 aromatic rings. The number of hydrogen-bond donors (Lipinski definition) is 0. The molecule has 0 bridgehead atoms. The van der Waals surface area contributed by atoms with Gasteiger partial charge in [-0.25, -0.2) is 4.79 Å². The van der Waals surface area contributed by atoms with Gasteiger partial charge in [0.05, 0.1) is 11.8 Å². The van der Waals surface area contributed by atoms with Gasteiger partial charge in [-0.3, -0.25) is 4.68 Å². The summed E-state index contributed by atoms with van der Waals surface area (Å²) < 4.78 is 45.0. The number of halogens is 3. The van der Waals surface area contributed by atoms with Crippen LogP contribution in [0, 0.1) is 6.92 Å². The van der Waals surface area contributed by atoms with Crippen LogP contribution in [0.4, 0.5) is 13.2 Å². The van der Waals surface area contributed by atoms with Gasteiger partial charge in [-0.15, -0.1) is 0 Å². The summed E-state index contributed by atoms with van der Waals surface area (Å²) in [6.07, 6.45) is -4.84. The number of hydrogen-bond acceptors (Lipinski definition) is 3. The fourth-order valence-corrected chi connectivity index (χ4v) is 1.76. The number of benzene rings is 1. The summed E-state index contributed by atoms with van der Waals surface area (Å²) in [4.78, 5) is 11.8. The van der Waals surface area contributed by atoms with Gasteiger partial charge in [-0.1, -0.05) is 17.7 Å². The van der Waals surface area contributed by atoms with E-state index in [1.807, 2.05) is 6.92 Å². The molecule has 1 atom stereocenters. The van der Waals surface area contributed by atoms with Crippen LogP contribution in [0.15, 0.2) is 36.7 Å². The Morgan fingerprint density at radius 1 is 1.29 bits per heavy atom. The van der Waals surface area contributed by atoms with Crippen molar-refractivity contribution in [3.05, 3.63) is 53.3 Å². The third-order valence-corrected chi connectivity index (χ3v) is 2.84. The smallest absolute Gasteiger partial charge is 0.429 e. The lowest BCUT2D eigenvalue weighted by molar-refractivity contribution is -0.207. The Labute approximate surface area is 119 Å². The lowest BCUT2D eigenvalue weighted by atomic mass is 10.1. The molecule has 0 amide bonds. The minimum Gasteiger partial charge on any atom is -0.444 e. The largest absolute Gasteiger partial charge is 0.444 e. The van der Waals surface area contributed by atoms with Crippen molar-refractivity contribution in [2.45, 2.75) is 19.2 Å². The normalized spacial score (nSPS) is 13.0. The van der Waals surface area contributed by atoms with Crippen molar-refractivity contribution in [2.75, 3.05) is 0 Å². The lowest BCUT2D eigenvalue weighted by Crippen LogP contribution is -2.26. The summed E-state index contributed by atoms with van der Waals surface area (Å²) >= 11 is 0. The molecule has 0 spiro atoms.